The third-order valence-corrected chi connectivity index (χ3v) is 4.30. The molecule has 25 heavy (non-hydrogen) atoms. The highest BCUT2D eigenvalue weighted by molar-refractivity contribution is 5.87. The van der Waals surface area contributed by atoms with Gasteiger partial charge in [0.2, 0.25) is 5.91 Å². The molecule has 0 fully saturated rings. The molecule has 0 aliphatic carbocycles. The van der Waals surface area contributed by atoms with Gasteiger partial charge in [-0.25, -0.2) is 0 Å². The first-order valence-corrected chi connectivity index (χ1v) is 8.54. The molecule has 0 saturated carbocycles. The Kier molecular flexibility index (Phi) is 5.19. The van der Waals surface area contributed by atoms with E-state index in [2.05, 4.69) is 29.6 Å². The molecule has 130 valence electrons. The van der Waals surface area contributed by atoms with Crippen LogP contribution in [0, 0.1) is 6.92 Å². The Bertz CT molecular complexity index is 864. The summed E-state index contributed by atoms with van der Waals surface area (Å²) >= 11 is 0. The topological polar surface area (TPSA) is 45.5 Å². The van der Waals surface area contributed by atoms with E-state index in [-0.39, 0.29) is 11.9 Å². The Morgan fingerprint density at radius 2 is 1.88 bits per heavy atom. The molecule has 0 saturated heterocycles. The molecule has 1 atom stereocenters. The second-order valence-electron chi connectivity index (χ2n) is 6.54. The van der Waals surface area contributed by atoms with E-state index in [1.165, 1.54) is 10.8 Å². The van der Waals surface area contributed by atoms with Gasteiger partial charge in [0.1, 0.15) is 11.5 Å². The smallest absolute Gasteiger partial charge is 0.234 e. The van der Waals surface area contributed by atoms with E-state index < -0.39 is 0 Å². The molecule has 0 radical (unpaired) electrons. The van der Waals surface area contributed by atoms with Crippen molar-refractivity contribution < 1.29 is 9.21 Å². The number of carbonyl (C=O) groups excluding carboxylic acids is 1. The number of aryl methyl sites for hydroxylation is 1. The first-order chi connectivity index (χ1) is 12.0. The molecule has 4 heteroatoms. The third kappa shape index (κ3) is 4.28. The fourth-order valence-corrected chi connectivity index (χ4v) is 3.13. The maximum absolute atomic E-state index is 12.4. The highest BCUT2D eigenvalue weighted by Crippen LogP contribution is 2.24. The van der Waals surface area contributed by atoms with Crippen molar-refractivity contribution in [3.63, 3.8) is 0 Å². The normalized spacial score (nSPS) is 12.5. The fourth-order valence-electron chi connectivity index (χ4n) is 3.13. The molecule has 2 aromatic carbocycles. The summed E-state index contributed by atoms with van der Waals surface area (Å²) in [5.74, 6) is 1.76. The molecule has 3 aromatic rings. The van der Waals surface area contributed by atoms with Crippen LogP contribution in [-0.4, -0.2) is 24.4 Å². The number of hydrogen-bond acceptors (Lipinski definition) is 3. The highest BCUT2D eigenvalue weighted by Gasteiger charge is 2.14. The summed E-state index contributed by atoms with van der Waals surface area (Å²) in [4.78, 5) is 14.3. The number of carbonyl (C=O) groups is 1. The zero-order chi connectivity index (χ0) is 17.8. The zero-order valence-corrected chi connectivity index (χ0v) is 15.0. The van der Waals surface area contributed by atoms with Crippen molar-refractivity contribution in [3.8, 4) is 0 Å². The summed E-state index contributed by atoms with van der Waals surface area (Å²) in [6.45, 7) is 4.89. The molecule has 1 amide bonds. The highest BCUT2D eigenvalue weighted by atomic mass is 16.3. The first-order valence-electron chi connectivity index (χ1n) is 8.54. The quantitative estimate of drug-likeness (QED) is 0.738. The molecular formula is C21H24N2O2. The lowest BCUT2D eigenvalue weighted by molar-refractivity contribution is -0.122. The van der Waals surface area contributed by atoms with E-state index in [1.807, 2.05) is 56.1 Å². The van der Waals surface area contributed by atoms with Gasteiger partial charge < -0.3 is 9.73 Å². The molecule has 0 aliphatic rings. The van der Waals surface area contributed by atoms with Crippen LogP contribution >= 0.6 is 0 Å². The minimum Gasteiger partial charge on any atom is -0.465 e. The van der Waals surface area contributed by atoms with Crippen LogP contribution in [-0.2, 0) is 11.3 Å². The maximum atomic E-state index is 12.4. The average Bonchev–Trinajstić information content (AvgIpc) is 2.98. The summed E-state index contributed by atoms with van der Waals surface area (Å²) in [7, 11) is 1.92. The summed E-state index contributed by atoms with van der Waals surface area (Å²) in [6, 6.07) is 18.3. The van der Waals surface area contributed by atoms with Crippen LogP contribution in [0.25, 0.3) is 10.8 Å². The number of fused-ring (bicyclic) bond motifs is 1. The van der Waals surface area contributed by atoms with Gasteiger partial charge >= 0.3 is 0 Å². The number of nitrogens with zero attached hydrogens (tertiary/aromatic N) is 1. The van der Waals surface area contributed by atoms with Crippen molar-refractivity contribution >= 4 is 16.7 Å². The zero-order valence-electron chi connectivity index (χ0n) is 15.0. The Balaban J connectivity index is 1.62. The van der Waals surface area contributed by atoms with Gasteiger partial charge in [-0.2, -0.15) is 0 Å². The van der Waals surface area contributed by atoms with E-state index in [4.69, 9.17) is 4.42 Å². The van der Waals surface area contributed by atoms with Crippen LogP contribution in [0.15, 0.2) is 59.0 Å². The minimum absolute atomic E-state index is 0.00575. The van der Waals surface area contributed by atoms with Gasteiger partial charge in [0.05, 0.1) is 19.1 Å². The second kappa shape index (κ2) is 7.53. The first kappa shape index (κ1) is 17.2. The van der Waals surface area contributed by atoms with Gasteiger partial charge in [-0.3, -0.25) is 9.69 Å². The monoisotopic (exact) mass is 336 g/mol. The lowest BCUT2D eigenvalue weighted by Crippen LogP contribution is -2.36. The Labute approximate surface area is 148 Å². The van der Waals surface area contributed by atoms with Crippen LogP contribution in [0.1, 0.15) is 30.0 Å². The maximum Gasteiger partial charge on any atom is 0.234 e. The number of furan rings is 1. The van der Waals surface area contributed by atoms with Gasteiger partial charge in [0.25, 0.3) is 0 Å². The predicted molar refractivity (Wildman–Crippen MR) is 100 cm³/mol. The largest absolute Gasteiger partial charge is 0.465 e. The lowest BCUT2D eigenvalue weighted by atomic mass is 10.00. The number of benzene rings is 2. The fraction of sp³-hybridized carbons (Fsp3) is 0.286. The molecule has 0 spiro atoms. The summed E-state index contributed by atoms with van der Waals surface area (Å²) in [6.07, 6.45) is 0. The van der Waals surface area contributed by atoms with Crippen molar-refractivity contribution in [1.82, 2.24) is 10.2 Å². The molecule has 1 aromatic heterocycles. The van der Waals surface area contributed by atoms with Crippen LogP contribution < -0.4 is 5.32 Å². The van der Waals surface area contributed by atoms with E-state index in [1.54, 1.807) is 0 Å². The molecule has 0 bridgehead atoms. The van der Waals surface area contributed by atoms with Gasteiger partial charge in [0.15, 0.2) is 0 Å². The van der Waals surface area contributed by atoms with Gasteiger partial charge in [0, 0.05) is 0 Å². The van der Waals surface area contributed by atoms with E-state index in [9.17, 15) is 4.79 Å². The number of rotatable bonds is 6. The molecule has 1 heterocycles. The Morgan fingerprint density at radius 3 is 2.64 bits per heavy atom. The van der Waals surface area contributed by atoms with Crippen LogP contribution in [0.2, 0.25) is 0 Å². The van der Waals surface area contributed by atoms with Crippen molar-refractivity contribution in [2.45, 2.75) is 26.4 Å². The Hall–Kier alpha value is -2.59. The van der Waals surface area contributed by atoms with Gasteiger partial charge in [-0.1, -0.05) is 42.5 Å². The number of hydrogen-bond donors (Lipinski definition) is 1. The number of nitrogens with one attached hydrogen (secondary N) is 1. The van der Waals surface area contributed by atoms with E-state index >= 15 is 0 Å². The lowest BCUT2D eigenvalue weighted by Gasteiger charge is -2.19. The molecule has 4 nitrogen and oxygen atoms in total. The van der Waals surface area contributed by atoms with Crippen LogP contribution in [0.5, 0.6) is 0 Å². The van der Waals surface area contributed by atoms with E-state index in [0.29, 0.717) is 13.1 Å². The van der Waals surface area contributed by atoms with Crippen LogP contribution in [0.3, 0.4) is 0 Å². The van der Waals surface area contributed by atoms with Crippen LogP contribution in [0.4, 0.5) is 0 Å². The second-order valence-corrected chi connectivity index (χ2v) is 6.54. The van der Waals surface area contributed by atoms with Crippen molar-refractivity contribution in [2.24, 2.45) is 0 Å². The SMILES string of the molecule is Cc1ccc(CN(C)CC(=O)N[C@@H](C)c2cccc3ccccc23)o1. The predicted octanol–water partition coefficient (Wildman–Crippen LogP) is 4.05. The molecule has 0 unspecified atom stereocenters. The molecular weight excluding hydrogens is 312 g/mol. The summed E-state index contributed by atoms with van der Waals surface area (Å²) < 4.78 is 5.56. The average molecular weight is 336 g/mol. The standard InChI is InChI=1S/C21H24N2O2/c1-15-11-12-18(25-15)13-23(3)14-21(24)22-16(2)19-10-6-8-17-7-4-5-9-20(17)19/h4-12,16H,13-14H2,1-3H3,(H,22,24)/t16-/m0/s1. The van der Waals surface area contributed by atoms with Crippen molar-refractivity contribution in [2.75, 3.05) is 13.6 Å². The van der Waals surface area contributed by atoms with E-state index in [0.717, 1.165) is 17.1 Å². The van der Waals surface area contributed by atoms with Crippen molar-refractivity contribution in [1.29, 1.82) is 0 Å². The molecule has 0 aliphatic heterocycles. The Morgan fingerprint density at radius 1 is 1.12 bits per heavy atom. The van der Waals surface area contributed by atoms with Gasteiger partial charge in [-0.15, -0.1) is 0 Å². The minimum atomic E-state index is -0.0437. The molecule has 1 N–H and O–H groups in total. The number of likely N-dealkylation sites (N-methyl/N-ethyl adjacent to an activating group) is 1. The summed E-state index contributed by atoms with van der Waals surface area (Å²) in [5, 5.41) is 5.46. The van der Waals surface area contributed by atoms with Gasteiger partial charge in [-0.05, 0) is 49.4 Å². The van der Waals surface area contributed by atoms with Crippen molar-refractivity contribution in [3.05, 3.63) is 71.7 Å². The molecule has 3 rings (SSSR count). The number of amides is 1. The summed E-state index contributed by atoms with van der Waals surface area (Å²) in [5.41, 5.74) is 1.13. The third-order valence-electron chi connectivity index (χ3n) is 4.30.